The quantitative estimate of drug-likeness (QED) is 0.483. The Kier molecular flexibility index (Phi) is 13.0. The maximum atomic E-state index is 8.98. The molecule has 0 fully saturated rings. The van der Waals surface area contributed by atoms with Crippen molar-refractivity contribution in [3.8, 4) is 6.07 Å². The molecule has 2 nitrogen and oxygen atoms in total. The van der Waals surface area contributed by atoms with E-state index < -0.39 is 4.70 Å². The average molecular weight is 140 g/mol. The molecule has 0 unspecified atom stereocenters. The van der Waals surface area contributed by atoms with Gasteiger partial charge in [-0.05, 0) is 23.2 Å². The van der Waals surface area contributed by atoms with E-state index in [4.69, 9.17) is 10.1 Å². The summed E-state index contributed by atoms with van der Waals surface area (Å²) in [6.45, 7) is 1.43. The first-order valence-corrected chi connectivity index (χ1v) is 2.06. The highest BCUT2D eigenvalue weighted by Gasteiger charge is 1.72. The number of halogens is 2. The Morgan fingerprint density at radius 2 is 1.71 bits per heavy atom. The standard InChI is InChI=1S/C2H3N.CCl2O/c1-2-3;2-1(3)4/h1H3;. The van der Waals surface area contributed by atoms with Gasteiger partial charge in [-0.3, -0.25) is 4.79 Å². The molecule has 7 heavy (non-hydrogen) atoms. The Hall–Kier alpha value is -0.260. The highest BCUT2D eigenvalue weighted by molar-refractivity contribution is 6.93. The summed E-state index contributed by atoms with van der Waals surface area (Å²) in [5.41, 5.74) is 0. The van der Waals surface area contributed by atoms with E-state index in [-0.39, 0.29) is 0 Å². The van der Waals surface area contributed by atoms with Crippen LogP contribution in [0.3, 0.4) is 0 Å². The third kappa shape index (κ3) is 1190. The van der Waals surface area contributed by atoms with E-state index in [0.29, 0.717) is 0 Å². The smallest absolute Gasteiger partial charge is 0.262 e. The van der Waals surface area contributed by atoms with Crippen LogP contribution in [0, 0.1) is 11.3 Å². The van der Waals surface area contributed by atoms with Gasteiger partial charge in [0, 0.05) is 6.92 Å². The van der Waals surface area contributed by atoms with Gasteiger partial charge in [-0.15, -0.1) is 0 Å². The Bertz CT molecular complexity index is 81.4. The van der Waals surface area contributed by atoms with Crippen LogP contribution in [0.4, 0.5) is 4.79 Å². The number of hydrogen-bond donors (Lipinski definition) is 0. The molecule has 0 aliphatic carbocycles. The second-order valence-corrected chi connectivity index (χ2v) is 1.33. The van der Waals surface area contributed by atoms with Gasteiger partial charge in [0.05, 0.1) is 6.07 Å². The lowest BCUT2D eigenvalue weighted by atomic mass is 11.0. The predicted octanol–water partition coefficient (Wildman–Crippen LogP) is 2.11. The van der Waals surface area contributed by atoms with Gasteiger partial charge in [-0.1, -0.05) is 0 Å². The van der Waals surface area contributed by atoms with Gasteiger partial charge >= 0.3 is 4.70 Å². The summed E-state index contributed by atoms with van der Waals surface area (Å²) in [6, 6.07) is 1.75. The molecule has 0 aliphatic heterocycles. The van der Waals surface area contributed by atoms with Crippen LogP contribution >= 0.6 is 23.2 Å². The van der Waals surface area contributed by atoms with Crippen molar-refractivity contribution in [3.05, 3.63) is 0 Å². The van der Waals surface area contributed by atoms with E-state index in [1.807, 2.05) is 0 Å². The van der Waals surface area contributed by atoms with Crippen molar-refractivity contribution < 1.29 is 4.79 Å². The van der Waals surface area contributed by atoms with Gasteiger partial charge in [-0.25, -0.2) is 0 Å². The van der Waals surface area contributed by atoms with Crippen LogP contribution in [-0.2, 0) is 0 Å². The molecular weight excluding hydrogens is 137 g/mol. The molecule has 0 aromatic carbocycles. The van der Waals surface area contributed by atoms with Gasteiger partial charge in [-0.2, -0.15) is 5.26 Å². The number of nitrogens with zero attached hydrogens (tertiary/aromatic N) is 1. The summed E-state index contributed by atoms with van der Waals surface area (Å²) >= 11 is 8.80. The molecule has 0 amide bonds. The Morgan fingerprint density at radius 1 is 1.71 bits per heavy atom. The van der Waals surface area contributed by atoms with Crippen LogP contribution in [0.5, 0.6) is 0 Å². The van der Waals surface area contributed by atoms with E-state index in [0.717, 1.165) is 0 Å². The Balaban J connectivity index is 0. The first-order chi connectivity index (χ1) is 3.15. The molecule has 0 N–H and O–H groups in total. The third-order valence-electron chi connectivity index (χ3n) is 0. The van der Waals surface area contributed by atoms with Crippen LogP contribution < -0.4 is 0 Å². The summed E-state index contributed by atoms with van der Waals surface area (Å²) in [6.07, 6.45) is 0. The summed E-state index contributed by atoms with van der Waals surface area (Å²) in [4.78, 5) is 8.98. The van der Waals surface area contributed by atoms with Crippen LogP contribution in [0.1, 0.15) is 6.92 Å². The summed E-state index contributed by atoms with van der Waals surface area (Å²) in [7, 11) is 0. The molecule has 0 aliphatic rings. The van der Waals surface area contributed by atoms with E-state index in [1.54, 1.807) is 6.07 Å². The fourth-order valence-corrected chi connectivity index (χ4v) is 0. The molecule has 0 atom stereocenters. The molecule has 0 aromatic rings. The van der Waals surface area contributed by atoms with E-state index in [9.17, 15) is 0 Å². The monoisotopic (exact) mass is 139 g/mol. The normalized spacial score (nSPS) is 4.86. The fourth-order valence-electron chi connectivity index (χ4n) is 0. The Labute approximate surface area is 51.6 Å². The van der Waals surface area contributed by atoms with Crippen LogP contribution in [0.15, 0.2) is 0 Å². The van der Waals surface area contributed by atoms with Gasteiger partial charge in [0.2, 0.25) is 0 Å². The molecule has 0 saturated heterocycles. The van der Waals surface area contributed by atoms with Gasteiger partial charge in [0.1, 0.15) is 0 Å². The average Bonchev–Trinajstić information content (AvgIpc) is 1.33. The van der Waals surface area contributed by atoms with Crippen molar-refractivity contribution in [1.29, 1.82) is 5.26 Å². The molecule has 0 saturated carbocycles. The first kappa shape index (κ1) is 9.88. The minimum Gasteiger partial charge on any atom is -0.262 e. The van der Waals surface area contributed by atoms with Crippen molar-refractivity contribution in [2.45, 2.75) is 6.92 Å². The molecule has 0 spiro atoms. The first-order valence-electron chi connectivity index (χ1n) is 1.31. The Morgan fingerprint density at radius 3 is 1.71 bits per heavy atom. The summed E-state index contributed by atoms with van der Waals surface area (Å²) in [5.74, 6) is 0. The van der Waals surface area contributed by atoms with Crippen molar-refractivity contribution in [1.82, 2.24) is 0 Å². The molecule has 4 heteroatoms. The summed E-state index contributed by atoms with van der Waals surface area (Å²) < 4.78 is -0.889. The number of hydrogen-bond acceptors (Lipinski definition) is 2. The van der Waals surface area contributed by atoms with E-state index in [2.05, 4.69) is 23.2 Å². The van der Waals surface area contributed by atoms with Crippen LogP contribution in [-0.4, -0.2) is 4.70 Å². The van der Waals surface area contributed by atoms with Gasteiger partial charge in [0.25, 0.3) is 0 Å². The maximum absolute atomic E-state index is 8.98. The maximum Gasteiger partial charge on any atom is 0.313 e. The van der Waals surface area contributed by atoms with Crippen LogP contribution in [0.25, 0.3) is 0 Å². The number of nitriles is 1. The van der Waals surface area contributed by atoms with Crippen molar-refractivity contribution >= 4 is 27.9 Å². The molecule has 0 rings (SSSR count). The van der Waals surface area contributed by atoms with Crippen molar-refractivity contribution in [2.24, 2.45) is 0 Å². The van der Waals surface area contributed by atoms with Gasteiger partial charge < -0.3 is 0 Å². The zero-order valence-electron chi connectivity index (χ0n) is 3.61. The molecule has 0 heterocycles. The largest absolute Gasteiger partial charge is 0.313 e. The lowest BCUT2D eigenvalue weighted by Gasteiger charge is -1.48. The third-order valence-corrected chi connectivity index (χ3v) is 0. The number of rotatable bonds is 0. The lowest BCUT2D eigenvalue weighted by Crippen LogP contribution is -1.46. The highest BCUT2D eigenvalue weighted by Crippen LogP contribution is 1.84. The second-order valence-electron chi connectivity index (χ2n) is 0.449. The molecular formula is C3H3Cl2NO. The van der Waals surface area contributed by atoms with Crippen molar-refractivity contribution in [3.63, 3.8) is 0 Å². The highest BCUT2D eigenvalue weighted by atomic mass is 35.5. The molecule has 40 valence electrons. The van der Waals surface area contributed by atoms with E-state index in [1.165, 1.54) is 6.92 Å². The summed E-state index contributed by atoms with van der Waals surface area (Å²) in [5, 5.41) is 7.32. The lowest BCUT2D eigenvalue weighted by molar-refractivity contribution is 0.275. The minimum atomic E-state index is -0.889. The SMILES string of the molecule is CC#N.O=C(Cl)Cl. The zero-order chi connectivity index (χ0) is 6.28. The zero-order valence-corrected chi connectivity index (χ0v) is 5.12. The van der Waals surface area contributed by atoms with Gasteiger partial charge in [0.15, 0.2) is 0 Å². The predicted molar refractivity (Wildman–Crippen MR) is 28.4 cm³/mol. The van der Waals surface area contributed by atoms with Crippen LogP contribution in [0.2, 0.25) is 0 Å². The van der Waals surface area contributed by atoms with Crippen molar-refractivity contribution in [2.75, 3.05) is 0 Å². The molecule has 0 radical (unpaired) electrons. The topological polar surface area (TPSA) is 40.9 Å². The minimum absolute atomic E-state index is 0.889. The fraction of sp³-hybridized carbons (Fsp3) is 0.333. The van der Waals surface area contributed by atoms with E-state index >= 15 is 0 Å². The molecule has 0 bridgehead atoms. The second kappa shape index (κ2) is 9.22. The number of carbonyl (C=O) groups is 1. The molecule has 0 aromatic heterocycles. The number of carbonyl (C=O) groups excluding carboxylic acids is 1.